The molecule has 5 heteroatoms. The minimum atomic E-state index is 0.357. The number of thiophene rings is 1. The van der Waals surface area contributed by atoms with Crippen LogP contribution < -0.4 is 5.32 Å². The molecule has 0 amide bonds. The Balaban J connectivity index is 1.50. The van der Waals surface area contributed by atoms with Gasteiger partial charge < -0.3 is 5.32 Å². The van der Waals surface area contributed by atoms with E-state index in [4.69, 9.17) is 11.6 Å². The number of halogens is 1. The molecule has 2 bridgehead atoms. The van der Waals surface area contributed by atoms with E-state index in [9.17, 15) is 0 Å². The van der Waals surface area contributed by atoms with Gasteiger partial charge in [-0.2, -0.15) is 0 Å². The average Bonchev–Trinajstić information content (AvgIpc) is 2.79. The lowest BCUT2D eigenvalue weighted by Gasteiger charge is -2.11. The first-order chi connectivity index (χ1) is 9.70. The highest BCUT2D eigenvalue weighted by Gasteiger charge is 2.65. The van der Waals surface area contributed by atoms with Gasteiger partial charge in [0.05, 0.1) is 5.39 Å². The Hall–Kier alpha value is -0.870. The highest BCUT2D eigenvalue weighted by Crippen LogP contribution is 2.66. The van der Waals surface area contributed by atoms with Gasteiger partial charge in [-0.15, -0.1) is 11.3 Å². The quantitative estimate of drug-likeness (QED) is 0.849. The molecule has 4 unspecified atom stereocenters. The molecule has 3 nitrogen and oxygen atoms in total. The van der Waals surface area contributed by atoms with E-state index in [2.05, 4.69) is 28.3 Å². The summed E-state index contributed by atoms with van der Waals surface area (Å²) < 4.78 is 0. The van der Waals surface area contributed by atoms with Gasteiger partial charge in [0.25, 0.3) is 0 Å². The number of hydrogen-bond acceptors (Lipinski definition) is 4. The van der Waals surface area contributed by atoms with Gasteiger partial charge in [0.1, 0.15) is 10.6 Å². The van der Waals surface area contributed by atoms with Crippen LogP contribution in [-0.4, -0.2) is 16.0 Å². The number of rotatable bonds is 2. The summed E-state index contributed by atoms with van der Waals surface area (Å²) in [4.78, 5) is 11.0. The first-order valence-electron chi connectivity index (χ1n) is 7.41. The number of anilines is 1. The fourth-order valence-corrected chi connectivity index (χ4v) is 5.90. The topological polar surface area (TPSA) is 37.8 Å². The summed E-state index contributed by atoms with van der Waals surface area (Å²) >= 11 is 7.76. The molecule has 0 aliphatic heterocycles. The maximum atomic E-state index is 6.07. The number of fused-ring (bicyclic) bond motifs is 6. The highest BCUT2D eigenvalue weighted by atomic mass is 35.5. The van der Waals surface area contributed by atoms with Gasteiger partial charge in [-0.25, -0.2) is 9.97 Å². The van der Waals surface area contributed by atoms with Crippen LogP contribution in [0, 0.1) is 30.6 Å². The summed E-state index contributed by atoms with van der Waals surface area (Å²) in [5.74, 6) is 4.69. The van der Waals surface area contributed by atoms with E-state index in [0.29, 0.717) is 11.3 Å². The predicted octanol–water partition coefficient (Wildman–Crippen LogP) is 4.11. The van der Waals surface area contributed by atoms with Crippen molar-refractivity contribution in [3.63, 3.8) is 0 Å². The Bertz CT molecular complexity index is 696. The lowest BCUT2D eigenvalue weighted by atomic mass is 10.0. The molecule has 2 heterocycles. The largest absolute Gasteiger partial charge is 0.366 e. The van der Waals surface area contributed by atoms with Crippen molar-refractivity contribution in [2.24, 2.45) is 23.7 Å². The van der Waals surface area contributed by atoms with E-state index in [0.717, 1.165) is 39.7 Å². The van der Waals surface area contributed by atoms with E-state index in [1.165, 1.54) is 24.1 Å². The lowest BCUT2D eigenvalue weighted by Crippen LogP contribution is -2.14. The number of nitrogens with one attached hydrogen (secondary N) is 1. The molecule has 3 aliphatic rings. The molecular weight excluding hydrogens is 290 g/mol. The van der Waals surface area contributed by atoms with E-state index in [1.807, 2.05) is 0 Å². The molecule has 0 aromatic carbocycles. The monoisotopic (exact) mass is 305 g/mol. The molecule has 2 aromatic heterocycles. The molecule has 3 fully saturated rings. The summed E-state index contributed by atoms with van der Waals surface area (Å²) in [6, 6.07) is 2.81. The van der Waals surface area contributed by atoms with Gasteiger partial charge in [-0.3, -0.25) is 0 Å². The number of aromatic nitrogens is 2. The van der Waals surface area contributed by atoms with Crippen molar-refractivity contribution < 1.29 is 0 Å². The maximum Gasteiger partial charge on any atom is 0.225 e. The molecule has 0 radical (unpaired) electrons. The lowest BCUT2D eigenvalue weighted by molar-refractivity contribution is 0.456. The van der Waals surface area contributed by atoms with Gasteiger partial charge in [-0.05, 0) is 67.5 Å². The summed E-state index contributed by atoms with van der Waals surface area (Å²) in [7, 11) is 0. The molecule has 3 aliphatic carbocycles. The Labute approximate surface area is 126 Å². The molecule has 3 saturated carbocycles. The predicted molar refractivity (Wildman–Crippen MR) is 82.4 cm³/mol. The minimum Gasteiger partial charge on any atom is -0.366 e. The van der Waals surface area contributed by atoms with Crippen molar-refractivity contribution in [1.29, 1.82) is 0 Å². The smallest absolute Gasteiger partial charge is 0.225 e. The standard InChI is InChI=1S/C15H16ClN3S/c1-6-4-9-13(18-15(16)19-14(9)20-6)17-12-10-7-2-3-8(5-7)11(10)12/h4,7-8,10-12H,2-3,5H2,1H3,(H,17,18,19). The molecule has 0 spiro atoms. The Morgan fingerprint density at radius 1 is 1.25 bits per heavy atom. The normalized spacial score (nSPS) is 37.4. The molecule has 5 rings (SSSR count). The average molecular weight is 306 g/mol. The van der Waals surface area contributed by atoms with Crippen molar-refractivity contribution in [3.05, 3.63) is 16.2 Å². The zero-order valence-electron chi connectivity index (χ0n) is 11.3. The molecule has 2 aromatic rings. The van der Waals surface area contributed by atoms with E-state index >= 15 is 0 Å². The van der Waals surface area contributed by atoms with E-state index in [1.54, 1.807) is 11.3 Å². The van der Waals surface area contributed by atoms with Crippen LogP contribution in [0.25, 0.3) is 10.2 Å². The summed E-state index contributed by atoms with van der Waals surface area (Å²) in [5, 5.41) is 5.18. The van der Waals surface area contributed by atoms with Crippen molar-refractivity contribution in [2.75, 3.05) is 5.32 Å². The second-order valence-electron chi connectivity index (χ2n) is 6.58. The van der Waals surface area contributed by atoms with Crippen LogP contribution in [0.1, 0.15) is 24.1 Å². The Morgan fingerprint density at radius 2 is 2.00 bits per heavy atom. The molecule has 20 heavy (non-hydrogen) atoms. The Kier molecular flexibility index (Phi) is 2.27. The van der Waals surface area contributed by atoms with Gasteiger partial charge in [0.2, 0.25) is 5.28 Å². The van der Waals surface area contributed by atoms with Gasteiger partial charge in [-0.1, -0.05) is 0 Å². The van der Waals surface area contributed by atoms with Crippen LogP contribution >= 0.6 is 22.9 Å². The second kappa shape index (κ2) is 3.86. The van der Waals surface area contributed by atoms with Crippen LogP contribution in [0.5, 0.6) is 0 Å². The third kappa shape index (κ3) is 1.52. The molecule has 1 N–H and O–H groups in total. The molecule has 104 valence electrons. The van der Waals surface area contributed by atoms with Gasteiger partial charge >= 0.3 is 0 Å². The third-order valence-corrected chi connectivity index (χ3v) is 6.64. The van der Waals surface area contributed by atoms with Crippen LogP contribution in [0.4, 0.5) is 5.82 Å². The molecular formula is C15H16ClN3S. The Morgan fingerprint density at radius 3 is 2.75 bits per heavy atom. The third-order valence-electron chi connectivity index (χ3n) is 5.53. The highest BCUT2D eigenvalue weighted by molar-refractivity contribution is 7.18. The molecule has 0 saturated heterocycles. The van der Waals surface area contributed by atoms with E-state index < -0.39 is 0 Å². The van der Waals surface area contributed by atoms with Crippen LogP contribution in [0.15, 0.2) is 6.07 Å². The summed E-state index contributed by atoms with van der Waals surface area (Å²) in [6.07, 6.45) is 4.37. The fraction of sp³-hybridized carbons (Fsp3) is 0.600. The van der Waals surface area contributed by atoms with Gasteiger partial charge in [0.15, 0.2) is 0 Å². The second-order valence-corrected chi connectivity index (χ2v) is 8.15. The van der Waals surface area contributed by atoms with Crippen molar-refractivity contribution in [1.82, 2.24) is 9.97 Å². The van der Waals surface area contributed by atoms with Gasteiger partial charge in [0, 0.05) is 10.9 Å². The SMILES string of the molecule is Cc1cc2c(NC3C4C5CCC(C5)C34)nc(Cl)nc2s1. The summed E-state index contributed by atoms with van der Waals surface area (Å²) in [5.41, 5.74) is 0. The van der Waals surface area contributed by atoms with Crippen LogP contribution in [0.2, 0.25) is 5.28 Å². The number of aryl methyl sites for hydroxylation is 1. The maximum absolute atomic E-state index is 6.07. The van der Waals surface area contributed by atoms with Crippen LogP contribution in [-0.2, 0) is 0 Å². The zero-order valence-corrected chi connectivity index (χ0v) is 12.8. The fourth-order valence-electron chi connectivity index (χ4n) is 4.80. The summed E-state index contributed by atoms with van der Waals surface area (Å²) in [6.45, 7) is 2.11. The van der Waals surface area contributed by atoms with Crippen molar-refractivity contribution in [3.8, 4) is 0 Å². The first-order valence-corrected chi connectivity index (χ1v) is 8.60. The first kappa shape index (κ1) is 11.8. The van der Waals surface area contributed by atoms with Crippen LogP contribution in [0.3, 0.4) is 0 Å². The van der Waals surface area contributed by atoms with Crippen molar-refractivity contribution >= 4 is 39.0 Å². The zero-order chi connectivity index (χ0) is 13.4. The van der Waals surface area contributed by atoms with Crippen molar-refractivity contribution in [2.45, 2.75) is 32.2 Å². The number of nitrogens with zero attached hydrogens (tertiary/aromatic N) is 2. The minimum absolute atomic E-state index is 0.357. The molecule has 4 atom stereocenters. The number of hydrogen-bond donors (Lipinski definition) is 1. The van der Waals surface area contributed by atoms with E-state index in [-0.39, 0.29) is 0 Å².